The first-order valence-electron chi connectivity index (χ1n) is 7.58. The molecule has 0 fully saturated rings. The van der Waals surface area contributed by atoms with Gasteiger partial charge in [0.2, 0.25) is 5.91 Å². The molecule has 2 amide bonds. The molecule has 1 aromatic heterocycles. The molecule has 0 saturated carbocycles. The van der Waals surface area contributed by atoms with Gasteiger partial charge in [-0.15, -0.1) is 11.3 Å². The van der Waals surface area contributed by atoms with E-state index in [-0.39, 0.29) is 5.91 Å². The first-order chi connectivity index (χ1) is 12.1. The van der Waals surface area contributed by atoms with Crippen LogP contribution in [-0.2, 0) is 6.61 Å². The standard InChI is InChI=1S/C19H16N2O3S/c20-18(22)13-6-8-15(9-7-13)21-19(23)14-3-1-4-16(11-14)24-12-17-5-2-10-25-17/h1-11H,12H2,(H2,20,22)(H,21,23). The molecular formula is C19H16N2O3S. The molecule has 25 heavy (non-hydrogen) atoms. The Morgan fingerprint density at radius 2 is 1.80 bits per heavy atom. The van der Waals surface area contributed by atoms with E-state index in [2.05, 4.69) is 5.32 Å². The predicted molar refractivity (Wildman–Crippen MR) is 98.0 cm³/mol. The van der Waals surface area contributed by atoms with Crippen molar-refractivity contribution in [2.75, 3.05) is 5.32 Å². The molecule has 0 aliphatic rings. The number of thiophene rings is 1. The molecule has 6 heteroatoms. The topological polar surface area (TPSA) is 81.4 Å². The van der Waals surface area contributed by atoms with Crippen molar-refractivity contribution in [2.24, 2.45) is 5.73 Å². The lowest BCUT2D eigenvalue weighted by Gasteiger charge is -2.08. The highest BCUT2D eigenvalue weighted by Gasteiger charge is 2.08. The molecule has 0 atom stereocenters. The molecule has 0 bridgehead atoms. The fourth-order valence-electron chi connectivity index (χ4n) is 2.20. The van der Waals surface area contributed by atoms with Gasteiger partial charge in [0, 0.05) is 21.7 Å². The van der Waals surface area contributed by atoms with Gasteiger partial charge in [-0.2, -0.15) is 0 Å². The Bertz CT molecular complexity index is 874. The quantitative estimate of drug-likeness (QED) is 0.710. The van der Waals surface area contributed by atoms with Crippen molar-refractivity contribution in [3.05, 3.63) is 82.0 Å². The second-order valence-corrected chi connectivity index (χ2v) is 6.32. The van der Waals surface area contributed by atoms with E-state index in [4.69, 9.17) is 10.5 Å². The van der Waals surface area contributed by atoms with E-state index in [9.17, 15) is 9.59 Å². The number of ether oxygens (including phenoxy) is 1. The zero-order chi connectivity index (χ0) is 17.6. The molecule has 3 rings (SSSR count). The van der Waals surface area contributed by atoms with Crippen LogP contribution in [0.15, 0.2) is 66.0 Å². The summed E-state index contributed by atoms with van der Waals surface area (Å²) in [6, 6.07) is 17.4. The summed E-state index contributed by atoms with van der Waals surface area (Å²) in [6.07, 6.45) is 0. The second kappa shape index (κ2) is 7.63. The van der Waals surface area contributed by atoms with Gasteiger partial charge in [0.1, 0.15) is 12.4 Å². The average Bonchev–Trinajstić information content (AvgIpc) is 3.14. The maximum atomic E-state index is 12.4. The Morgan fingerprint density at radius 1 is 1.00 bits per heavy atom. The van der Waals surface area contributed by atoms with Crippen molar-refractivity contribution in [2.45, 2.75) is 6.61 Å². The number of rotatable bonds is 6. The van der Waals surface area contributed by atoms with Gasteiger partial charge in [0.25, 0.3) is 5.91 Å². The third-order valence-corrected chi connectivity index (χ3v) is 4.33. The lowest BCUT2D eigenvalue weighted by molar-refractivity contribution is 0.0998. The third kappa shape index (κ3) is 4.45. The van der Waals surface area contributed by atoms with Crippen LogP contribution in [0, 0.1) is 0 Å². The number of nitrogens with one attached hydrogen (secondary N) is 1. The van der Waals surface area contributed by atoms with Gasteiger partial charge in [-0.1, -0.05) is 12.1 Å². The maximum Gasteiger partial charge on any atom is 0.255 e. The van der Waals surface area contributed by atoms with Crippen molar-refractivity contribution in [1.82, 2.24) is 0 Å². The number of anilines is 1. The molecule has 0 aliphatic heterocycles. The predicted octanol–water partition coefficient (Wildman–Crippen LogP) is 3.68. The Balaban J connectivity index is 1.65. The summed E-state index contributed by atoms with van der Waals surface area (Å²) >= 11 is 1.62. The van der Waals surface area contributed by atoms with Gasteiger partial charge in [0.05, 0.1) is 0 Å². The fourth-order valence-corrected chi connectivity index (χ4v) is 2.81. The highest BCUT2D eigenvalue weighted by Crippen LogP contribution is 2.18. The monoisotopic (exact) mass is 352 g/mol. The molecule has 0 saturated heterocycles. The number of hydrogen-bond donors (Lipinski definition) is 2. The lowest BCUT2D eigenvalue weighted by Crippen LogP contribution is -2.13. The summed E-state index contributed by atoms with van der Waals surface area (Å²) in [5, 5.41) is 4.77. The minimum absolute atomic E-state index is 0.256. The van der Waals surface area contributed by atoms with Crippen molar-refractivity contribution < 1.29 is 14.3 Å². The van der Waals surface area contributed by atoms with E-state index in [1.54, 1.807) is 53.8 Å². The minimum atomic E-state index is -0.506. The van der Waals surface area contributed by atoms with Crippen LogP contribution in [0.3, 0.4) is 0 Å². The van der Waals surface area contributed by atoms with Crippen molar-refractivity contribution >= 4 is 28.8 Å². The number of carbonyl (C=O) groups is 2. The molecule has 3 N–H and O–H groups in total. The summed E-state index contributed by atoms with van der Waals surface area (Å²) < 4.78 is 5.71. The Hall–Kier alpha value is -3.12. The van der Waals surface area contributed by atoms with Crippen LogP contribution in [0.4, 0.5) is 5.69 Å². The molecule has 2 aromatic carbocycles. The molecule has 0 aliphatic carbocycles. The second-order valence-electron chi connectivity index (χ2n) is 5.29. The molecule has 0 spiro atoms. The first kappa shape index (κ1) is 16.7. The Morgan fingerprint density at radius 3 is 2.48 bits per heavy atom. The minimum Gasteiger partial charge on any atom is -0.488 e. The number of nitrogens with two attached hydrogens (primary N) is 1. The van der Waals surface area contributed by atoms with Crippen LogP contribution in [0.25, 0.3) is 0 Å². The van der Waals surface area contributed by atoms with Crippen LogP contribution < -0.4 is 15.8 Å². The SMILES string of the molecule is NC(=O)c1ccc(NC(=O)c2cccc(OCc3cccs3)c2)cc1. The zero-order valence-electron chi connectivity index (χ0n) is 13.3. The van der Waals surface area contributed by atoms with Crippen LogP contribution >= 0.6 is 11.3 Å². The summed E-state index contributed by atoms with van der Waals surface area (Å²) in [5.74, 6) is -0.132. The zero-order valence-corrected chi connectivity index (χ0v) is 14.1. The molecule has 126 valence electrons. The number of carbonyl (C=O) groups excluding carboxylic acids is 2. The maximum absolute atomic E-state index is 12.4. The highest BCUT2D eigenvalue weighted by atomic mass is 32.1. The van der Waals surface area contributed by atoms with E-state index in [1.165, 1.54) is 0 Å². The lowest BCUT2D eigenvalue weighted by atomic mass is 10.1. The van der Waals surface area contributed by atoms with Crippen LogP contribution in [0.2, 0.25) is 0 Å². The Kier molecular flexibility index (Phi) is 5.11. The smallest absolute Gasteiger partial charge is 0.255 e. The van der Waals surface area contributed by atoms with Crippen molar-refractivity contribution in [1.29, 1.82) is 0 Å². The van der Waals surface area contributed by atoms with Gasteiger partial charge in [0.15, 0.2) is 0 Å². The largest absolute Gasteiger partial charge is 0.488 e. The van der Waals surface area contributed by atoms with Gasteiger partial charge in [-0.05, 0) is 53.9 Å². The summed E-state index contributed by atoms with van der Waals surface area (Å²) in [4.78, 5) is 24.5. The van der Waals surface area contributed by atoms with E-state index in [0.29, 0.717) is 29.2 Å². The van der Waals surface area contributed by atoms with Gasteiger partial charge in [-0.3, -0.25) is 9.59 Å². The first-order valence-corrected chi connectivity index (χ1v) is 8.46. The number of primary amides is 1. The number of hydrogen-bond acceptors (Lipinski definition) is 4. The van der Waals surface area contributed by atoms with E-state index < -0.39 is 5.91 Å². The molecule has 0 radical (unpaired) electrons. The molecule has 1 heterocycles. The van der Waals surface area contributed by atoms with E-state index in [0.717, 1.165) is 4.88 Å². The van der Waals surface area contributed by atoms with Gasteiger partial charge in [-0.25, -0.2) is 0 Å². The molecular weight excluding hydrogens is 336 g/mol. The number of amides is 2. The highest BCUT2D eigenvalue weighted by molar-refractivity contribution is 7.09. The van der Waals surface area contributed by atoms with Crippen LogP contribution in [0.1, 0.15) is 25.6 Å². The number of benzene rings is 2. The molecule has 5 nitrogen and oxygen atoms in total. The third-order valence-electron chi connectivity index (χ3n) is 3.48. The summed E-state index contributed by atoms with van der Waals surface area (Å²) in [6.45, 7) is 0.470. The van der Waals surface area contributed by atoms with E-state index in [1.807, 2.05) is 23.6 Å². The van der Waals surface area contributed by atoms with Crippen molar-refractivity contribution in [3.63, 3.8) is 0 Å². The van der Waals surface area contributed by atoms with Gasteiger partial charge >= 0.3 is 0 Å². The van der Waals surface area contributed by atoms with Crippen molar-refractivity contribution in [3.8, 4) is 5.75 Å². The van der Waals surface area contributed by atoms with Crippen LogP contribution in [0.5, 0.6) is 5.75 Å². The summed E-state index contributed by atoms with van der Waals surface area (Å²) in [5.41, 5.74) is 6.66. The van der Waals surface area contributed by atoms with Gasteiger partial charge < -0.3 is 15.8 Å². The molecule has 3 aromatic rings. The van der Waals surface area contributed by atoms with E-state index >= 15 is 0 Å². The normalized spacial score (nSPS) is 10.2. The fraction of sp³-hybridized carbons (Fsp3) is 0.0526. The summed E-state index contributed by atoms with van der Waals surface area (Å²) in [7, 11) is 0. The Labute approximate surface area is 149 Å². The average molecular weight is 352 g/mol. The molecule has 0 unspecified atom stereocenters. The van der Waals surface area contributed by atoms with Crippen LogP contribution in [-0.4, -0.2) is 11.8 Å².